The molecular weight excluding hydrogens is 308 g/mol. The number of nitrogens with one attached hydrogen (secondary N) is 1. The summed E-state index contributed by atoms with van der Waals surface area (Å²) in [6.07, 6.45) is 5.36. The van der Waals surface area contributed by atoms with Gasteiger partial charge in [0, 0.05) is 42.2 Å². The van der Waals surface area contributed by atoms with E-state index in [4.69, 9.17) is 0 Å². The molecule has 4 nitrogen and oxygen atoms in total. The summed E-state index contributed by atoms with van der Waals surface area (Å²) in [6, 6.07) is 10.0. The Bertz CT molecular complexity index is 537. The van der Waals surface area contributed by atoms with Crippen LogP contribution in [0.25, 0.3) is 0 Å². The fraction of sp³-hybridized carbons (Fsp3) is 0.611. The van der Waals surface area contributed by atoms with E-state index in [2.05, 4.69) is 10.2 Å². The summed E-state index contributed by atoms with van der Waals surface area (Å²) in [6.45, 7) is 2.84. The van der Waals surface area contributed by atoms with Crippen LogP contribution in [0.1, 0.15) is 32.1 Å². The Labute approximate surface area is 141 Å². The van der Waals surface area contributed by atoms with Crippen LogP contribution >= 0.6 is 0 Å². The Kier molecular flexibility index (Phi) is 5.84. The number of carbonyl (C=O) groups excluding carboxylic acids is 1. The van der Waals surface area contributed by atoms with Gasteiger partial charge in [-0.3, -0.25) is 9.00 Å². The molecule has 1 saturated heterocycles. The lowest BCUT2D eigenvalue weighted by atomic mass is 9.84. The third-order valence-corrected chi connectivity index (χ3v) is 6.36. The molecular formula is C18H26N2O2S. The molecule has 0 aromatic heterocycles. The third-order valence-electron chi connectivity index (χ3n) is 5.01. The van der Waals surface area contributed by atoms with Crippen LogP contribution in [0.15, 0.2) is 35.2 Å². The molecule has 1 saturated carbocycles. The van der Waals surface area contributed by atoms with E-state index >= 15 is 0 Å². The number of carbonyl (C=O) groups is 1. The molecule has 3 rings (SSSR count). The fourth-order valence-electron chi connectivity index (χ4n) is 3.19. The minimum Gasteiger partial charge on any atom is -0.353 e. The van der Waals surface area contributed by atoms with Crippen LogP contribution in [0, 0.1) is 5.92 Å². The number of hydrogen-bond donors (Lipinski definition) is 1. The third kappa shape index (κ3) is 4.64. The first-order chi connectivity index (χ1) is 11.2. The highest BCUT2D eigenvalue weighted by Gasteiger charge is 2.28. The summed E-state index contributed by atoms with van der Waals surface area (Å²) >= 11 is 0. The van der Waals surface area contributed by atoms with E-state index in [1.807, 2.05) is 30.3 Å². The standard InChI is InChI=1S/C18H26N2O2S/c21-18(15-5-4-6-15)19-16-9-11-20(12-10-16)13-14-23(22)17-7-2-1-3-8-17/h1-3,7-8,15-16H,4-6,9-14H2,(H,19,21). The van der Waals surface area contributed by atoms with Gasteiger partial charge in [-0.15, -0.1) is 0 Å². The Hall–Kier alpha value is -1.20. The van der Waals surface area contributed by atoms with Crippen molar-refractivity contribution in [2.24, 2.45) is 5.92 Å². The van der Waals surface area contributed by atoms with E-state index in [0.717, 1.165) is 50.2 Å². The normalized spacial score (nSPS) is 21.6. The van der Waals surface area contributed by atoms with Crippen molar-refractivity contribution in [3.63, 3.8) is 0 Å². The number of piperidine rings is 1. The molecule has 1 aromatic carbocycles. The van der Waals surface area contributed by atoms with Gasteiger partial charge in [0.1, 0.15) is 0 Å². The van der Waals surface area contributed by atoms with Crippen LogP contribution in [0.5, 0.6) is 0 Å². The Balaban J connectivity index is 1.36. The molecule has 2 aliphatic rings. The molecule has 23 heavy (non-hydrogen) atoms. The maximum Gasteiger partial charge on any atom is 0.223 e. The molecule has 5 heteroatoms. The van der Waals surface area contributed by atoms with E-state index in [0.29, 0.717) is 11.8 Å². The highest BCUT2D eigenvalue weighted by Crippen LogP contribution is 2.26. The summed E-state index contributed by atoms with van der Waals surface area (Å²) in [5, 5.41) is 3.21. The lowest BCUT2D eigenvalue weighted by Gasteiger charge is -2.34. The minimum atomic E-state index is -0.914. The van der Waals surface area contributed by atoms with Crippen molar-refractivity contribution in [1.82, 2.24) is 10.2 Å². The molecule has 0 radical (unpaired) electrons. The van der Waals surface area contributed by atoms with E-state index in [-0.39, 0.29) is 11.8 Å². The van der Waals surface area contributed by atoms with Crippen LogP contribution in [-0.2, 0) is 15.6 Å². The summed E-state index contributed by atoms with van der Waals surface area (Å²) in [7, 11) is -0.914. The zero-order valence-electron chi connectivity index (χ0n) is 13.6. The van der Waals surface area contributed by atoms with Crippen molar-refractivity contribution in [3.05, 3.63) is 30.3 Å². The number of rotatable bonds is 6. The van der Waals surface area contributed by atoms with Crippen molar-refractivity contribution < 1.29 is 9.00 Å². The zero-order valence-corrected chi connectivity index (χ0v) is 14.4. The minimum absolute atomic E-state index is 0.264. The van der Waals surface area contributed by atoms with Gasteiger partial charge in [-0.05, 0) is 37.8 Å². The van der Waals surface area contributed by atoms with Crippen molar-refractivity contribution in [2.45, 2.75) is 43.0 Å². The first-order valence-corrected chi connectivity index (χ1v) is 10.0. The molecule has 1 heterocycles. The lowest BCUT2D eigenvalue weighted by molar-refractivity contribution is -0.128. The van der Waals surface area contributed by atoms with E-state index < -0.39 is 10.8 Å². The summed E-state index contributed by atoms with van der Waals surface area (Å²) in [5.74, 6) is 1.23. The van der Waals surface area contributed by atoms with Crippen molar-refractivity contribution in [1.29, 1.82) is 0 Å². The maximum atomic E-state index is 12.2. The van der Waals surface area contributed by atoms with Gasteiger partial charge in [0.25, 0.3) is 0 Å². The lowest BCUT2D eigenvalue weighted by Crippen LogP contribution is -2.47. The van der Waals surface area contributed by atoms with E-state index in [1.165, 1.54) is 6.42 Å². The van der Waals surface area contributed by atoms with Crippen LogP contribution < -0.4 is 5.32 Å². The smallest absolute Gasteiger partial charge is 0.223 e. The quantitative estimate of drug-likeness (QED) is 0.867. The average molecular weight is 334 g/mol. The molecule has 1 unspecified atom stereocenters. The molecule has 1 amide bonds. The number of hydrogen-bond acceptors (Lipinski definition) is 3. The largest absolute Gasteiger partial charge is 0.353 e. The van der Waals surface area contributed by atoms with Crippen molar-refractivity contribution in [2.75, 3.05) is 25.4 Å². The Morgan fingerprint density at radius 3 is 2.43 bits per heavy atom. The SMILES string of the molecule is O=C(NC1CCN(CCS(=O)c2ccccc2)CC1)C1CCC1. The summed E-state index contributed by atoms with van der Waals surface area (Å²) in [4.78, 5) is 15.3. The van der Waals surface area contributed by atoms with Crippen LogP contribution in [0.2, 0.25) is 0 Å². The summed E-state index contributed by atoms with van der Waals surface area (Å²) < 4.78 is 12.2. The molecule has 1 atom stereocenters. The van der Waals surface area contributed by atoms with Gasteiger partial charge >= 0.3 is 0 Å². The number of nitrogens with zero attached hydrogens (tertiary/aromatic N) is 1. The molecule has 0 bridgehead atoms. The number of benzene rings is 1. The molecule has 0 spiro atoms. The molecule has 1 aliphatic carbocycles. The van der Waals surface area contributed by atoms with E-state index in [1.54, 1.807) is 0 Å². The highest BCUT2D eigenvalue weighted by molar-refractivity contribution is 7.85. The van der Waals surface area contributed by atoms with Crippen LogP contribution in [-0.4, -0.2) is 46.4 Å². The van der Waals surface area contributed by atoms with Gasteiger partial charge in [-0.1, -0.05) is 24.6 Å². The maximum absolute atomic E-state index is 12.2. The van der Waals surface area contributed by atoms with Crippen molar-refractivity contribution in [3.8, 4) is 0 Å². The molecule has 2 fully saturated rings. The van der Waals surface area contributed by atoms with Gasteiger partial charge in [0.2, 0.25) is 5.91 Å². The van der Waals surface area contributed by atoms with Crippen LogP contribution in [0.4, 0.5) is 0 Å². The molecule has 1 aromatic rings. The van der Waals surface area contributed by atoms with Crippen molar-refractivity contribution >= 4 is 16.7 Å². The van der Waals surface area contributed by atoms with E-state index in [9.17, 15) is 9.00 Å². The predicted molar refractivity (Wildman–Crippen MR) is 92.7 cm³/mol. The summed E-state index contributed by atoms with van der Waals surface area (Å²) in [5.41, 5.74) is 0. The second kappa shape index (κ2) is 8.06. The number of amides is 1. The molecule has 126 valence electrons. The fourth-order valence-corrected chi connectivity index (χ4v) is 4.31. The Morgan fingerprint density at radius 1 is 1.13 bits per heavy atom. The van der Waals surface area contributed by atoms with Crippen LogP contribution in [0.3, 0.4) is 0 Å². The first-order valence-electron chi connectivity index (χ1n) is 8.68. The topological polar surface area (TPSA) is 49.4 Å². The zero-order chi connectivity index (χ0) is 16.1. The highest BCUT2D eigenvalue weighted by atomic mass is 32.2. The Morgan fingerprint density at radius 2 is 1.83 bits per heavy atom. The monoisotopic (exact) mass is 334 g/mol. The second-order valence-corrected chi connectivity index (χ2v) is 8.19. The molecule has 1 aliphatic heterocycles. The van der Waals surface area contributed by atoms with Gasteiger partial charge in [0.15, 0.2) is 0 Å². The van der Waals surface area contributed by atoms with Gasteiger partial charge in [0.05, 0.1) is 10.8 Å². The van der Waals surface area contributed by atoms with Gasteiger partial charge in [-0.2, -0.15) is 0 Å². The van der Waals surface area contributed by atoms with Gasteiger partial charge in [-0.25, -0.2) is 0 Å². The van der Waals surface area contributed by atoms with Gasteiger partial charge < -0.3 is 10.2 Å². The first kappa shape index (κ1) is 16.7. The predicted octanol–water partition coefficient (Wildman–Crippen LogP) is 2.17. The second-order valence-electron chi connectivity index (χ2n) is 6.62. The average Bonchev–Trinajstić information content (AvgIpc) is 2.53. The number of likely N-dealkylation sites (tertiary alicyclic amines) is 1. The molecule has 1 N–H and O–H groups in total.